The van der Waals surface area contributed by atoms with Gasteiger partial charge >= 0.3 is 12.1 Å². The summed E-state index contributed by atoms with van der Waals surface area (Å²) in [6.07, 6.45) is 4.96. The minimum Gasteiger partial charge on any atom is -0.459 e. The lowest BCUT2D eigenvalue weighted by Gasteiger charge is -2.59. The van der Waals surface area contributed by atoms with E-state index in [-0.39, 0.29) is 30.9 Å². The van der Waals surface area contributed by atoms with Gasteiger partial charge in [-0.2, -0.15) is 0 Å². The summed E-state index contributed by atoms with van der Waals surface area (Å²) in [6, 6.07) is 7.68. The van der Waals surface area contributed by atoms with Crippen LogP contribution in [-0.2, 0) is 25.7 Å². The molecule has 1 aromatic carbocycles. The van der Waals surface area contributed by atoms with Crippen LogP contribution in [0.3, 0.4) is 0 Å². The Morgan fingerprint density at radius 2 is 1.62 bits per heavy atom. The number of rotatable bonds is 6. The highest BCUT2D eigenvalue weighted by atomic mass is 16.6. The number of aliphatic hydroxyl groups excluding tert-OH is 1. The van der Waals surface area contributed by atoms with Crippen LogP contribution in [0.1, 0.15) is 71.3 Å². The molecule has 8 nitrogen and oxygen atoms in total. The molecule has 5 aliphatic rings. The van der Waals surface area contributed by atoms with Crippen molar-refractivity contribution < 1.29 is 29.0 Å². The van der Waals surface area contributed by atoms with Gasteiger partial charge < -0.3 is 24.8 Å². The molecule has 1 heterocycles. The van der Waals surface area contributed by atoms with Crippen LogP contribution in [0, 0.1) is 23.2 Å². The number of amides is 2. The van der Waals surface area contributed by atoms with Gasteiger partial charge in [0, 0.05) is 18.4 Å². The zero-order valence-corrected chi connectivity index (χ0v) is 22.2. The standard InChI is InChI=1S/C29H40N2O6/c1-28(2,3)37-27(35)30-24(29-13-19-9-20(14-29)11-21(10-19)15-29)25(33)31-16-22(32)12-23(31)26(34)36-17-18-7-5-4-6-8-18/h4-8,19-24,32H,9-17H2,1-3H3,(H,30,35)/t19?,20?,21?,22-,23+,24-,29?/m1/s1. The summed E-state index contributed by atoms with van der Waals surface area (Å²) in [5.74, 6) is 0.856. The van der Waals surface area contributed by atoms with E-state index in [1.165, 1.54) is 24.2 Å². The Bertz CT molecular complexity index is 984. The predicted octanol–water partition coefficient (Wildman–Crippen LogP) is 3.80. The van der Waals surface area contributed by atoms with Gasteiger partial charge in [0.05, 0.1) is 6.10 Å². The van der Waals surface area contributed by atoms with Crippen molar-refractivity contribution in [2.75, 3.05) is 6.54 Å². The third kappa shape index (κ3) is 5.64. The first kappa shape index (κ1) is 26.0. The number of carbonyl (C=O) groups excluding carboxylic acids is 3. The fraction of sp³-hybridized carbons (Fsp3) is 0.690. The Hall–Kier alpha value is -2.61. The van der Waals surface area contributed by atoms with E-state index in [2.05, 4.69) is 5.32 Å². The number of hydrogen-bond acceptors (Lipinski definition) is 6. The molecule has 4 aliphatic carbocycles. The van der Waals surface area contributed by atoms with E-state index in [1.54, 1.807) is 20.8 Å². The largest absolute Gasteiger partial charge is 0.459 e. The fourth-order valence-electron chi connectivity index (χ4n) is 7.70. The van der Waals surface area contributed by atoms with Gasteiger partial charge in [-0.25, -0.2) is 9.59 Å². The van der Waals surface area contributed by atoms with Gasteiger partial charge in [0.25, 0.3) is 0 Å². The van der Waals surface area contributed by atoms with E-state index < -0.39 is 35.9 Å². The zero-order chi connectivity index (χ0) is 26.4. The summed E-state index contributed by atoms with van der Waals surface area (Å²) in [6.45, 7) is 5.53. The van der Waals surface area contributed by atoms with E-state index in [9.17, 15) is 19.5 Å². The molecule has 0 aromatic heterocycles. The molecule has 5 fully saturated rings. The van der Waals surface area contributed by atoms with Crippen molar-refractivity contribution in [3.63, 3.8) is 0 Å². The van der Waals surface area contributed by atoms with Crippen LogP contribution in [0.25, 0.3) is 0 Å². The second kappa shape index (κ2) is 9.93. The first-order valence-electron chi connectivity index (χ1n) is 13.7. The maximum Gasteiger partial charge on any atom is 0.408 e. The smallest absolute Gasteiger partial charge is 0.408 e. The van der Waals surface area contributed by atoms with Crippen molar-refractivity contribution >= 4 is 18.0 Å². The van der Waals surface area contributed by atoms with Crippen LogP contribution >= 0.6 is 0 Å². The Morgan fingerprint density at radius 3 is 2.19 bits per heavy atom. The summed E-state index contributed by atoms with van der Waals surface area (Å²) >= 11 is 0. The first-order valence-corrected chi connectivity index (χ1v) is 13.7. The van der Waals surface area contributed by atoms with E-state index in [0.29, 0.717) is 17.8 Å². The quantitative estimate of drug-likeness (QED) is 0.562. The summed E-state index contributed by atoms with van der Waals surface area (Å²) in [7, 11) is 0. The molecule has 4 saturated carbocycles. The number of aliphatic hydroxyl groups is 1. The van der Waals surface area contributed by atoms with Crippen LogP contribution in [0.15, 0.2) is 30.3 Å². The number of hydrogen-bond donors (Lipinski definition) is 2. The Labute approximate surface area is 219 Å². The number of β-amino-alcohol motifs (C(OH)–C–C–N with tert-alkyl or cyclic N) is 1. The Balaban J connectivity index is 1.37. The molecule has 1 aliphatic heterocycles. The molecule has 6 rings (SSSR count). The SMILES string of the molecule is CC(C)(C)OC(=O)N[C@H](C(=O)N1C[C@H](O)C[C@H]1C(=O)OCc1ccccc1)C12CC3CC(CC(C3)C1)C2. The van der Waals surface area contributed by atoms with Gasteiger partial charge in [0.2, 0.25) is 5.91 Å². The summed E-state index contributed by atoms with van der Waals surface area (Å²) < 4.78 is 11.1. The Morgan fingerprint density at radius 1 is 1.03 bits per heavy atom. The second-order valence-corrected chi connectivity index (χ2v) is 12.8. The number of nitrogens with one attached hydrogen (secondary N) is 1. The molecule has 2 amide bonds. The molecule has 4 bridgehead atoms. The molecule has 8 heteroatoms. The van der Waals surface area contributed by atoms with Crippen molar-refractivity contribution in [3.05, 3.63) is 35.9 Å². The second-order valence-electron chi connectivity index (χ2n) is 12.8. The van der Waals surface area contributed by atoms with E-state index in [0.717, 1.165) is 24.8 Å². The molecule has 3 atom stereocenters. The molecule has 1 aromatic rings. The third-order valence-corrected chi connectivity index (χ3v) is 8.66. The monoisotopic (exact) mass is 512 g/mol. The number of alkyl carbamates (subject to hydrolysis) is 1. The van der Waals surface area contributed by atoms with Crippen LogP contribution < -0.4 is 5.32 Å². The van der Waals surface area contributed by atoms with Crippen LogP contribution in [0.4, 0.5) is 4.79 Å². The summed E-state index contributed by atoms with van der Waals surface area (Å²) in [4.78, 5) is 41.8. The lowest BCUT2D eigenvalue weighted by atomic mass is 9.47. The van der Waals surface area contributed by atoms with Gasteiger partial charge in [0.15, 0.2) is 0 Å². The van der Waals surface area contributed by atoms with E-state index in [4.69, 9.17) is 9.47 Å². The van der Waals surface area contributed by atoms with Gasteiger partial charge in [-0.15, -0.1) is 0 Å². The maximum absolute atomic E-state index is 14.2. The van der Waals surface area contributed by atoms with Crippen molar-refractivity contribution in [1.82, 2.24) is 10.2 Å². The molecule has 1 saturated heterocycles. The highest BCUT2D eigenvalue weighted by Crippen LogP contribution is 2.61. The van der Waals surface area contributed by atoms with E-state index >= 15 is 0 Å². The number of likely N-dealkylation sites (tertiary alicyclic amines) is 1. The zero-order valence-electron chi connectivity index (χ0n) is 22.2. The highest BCUT2D eigenvalue weighted by Gasteiger charge is 2.58. The molecule has 37 heavy (non-hydrogen) atoms. The minimum absolute atomic E-state index is 0.0444. The first-order chi connectivity index (χ1) is 17.5. The minimum atomic E-state index is -0.886. The number of nitrogens with zero attached hydrogens (tertiary/aromatic N) is 1. The highest BCUT2D eigenvalue weighted by molar-refractivity contribution is 5.91. The molecule has 0 unspecified atom stereocenters. The van der Waals surface area contributed by atoms with Gasteiger partial charge in [-0.1, -0.05) is 30.3 Å². The predicted molar refractivity (Wildman–Crippen MR) is 136 cm³/mol. The summed E-state index contributed by atoms with van der Waals surface area (Å²) in [5, 5.41) is 13.4. The van der Waals surface area contributed by atoms with Gasteiger partial charge in [-0.3, -0.25) is 4.79 Å². The fourth-order valence-corrected chi connectivity index (χ4v) is 7.70. The molecule has 2 N–H and O–H groups in total. The average molecular weight is 513 g/mol. The molecule has 202 valence electrons. The van der Waals surface area contributed by atoms with Crippen molar-refractivity contribution in [1.29, 1.82) is 0 Å². The number of benzene rings is 1. The van der Waals surface area contributed by atoms with Crippen molar-refractivity contribution in [2.45, 2.75) is 96.1 Å². The average Bonchev–Trinajstić information content (AvgIpc) is 3.21. The Kier molecular flexibility index (Phi) is 6.98. The number of esters is 1. The maximum atomic E-state index is 14.2. The number of carbonyl (C=O) groups is 3. The third-order valence-electron chi connectivity index (χ3n) is 8.66. The lowest BCUT2D eigenvalue weighted by Crippen LogP contribution is -2.63. The molecular weight excluding hydrogens is 472 g/mol. The molecule has 0 radical (unpaired) electrons. The van der Waals surface area contributed by atoms with Gasteiger partial charge in [0.1, 0.15) is 24.3 Å². The van der Waals surface area contributed by atoms with Crippen LogP contribution in [0.5, 0.6) is 0 Å². The number of ether oxygens (including phenoxy) is 2. The van der Waals surface area contributed by atoms with Crippen molar-refractivity contribution in [2.24, 2.45) is 23.2 Å². The van der Waals surface area contributed by atoms with Crippen LogP contribution in [0.2, 0.25) is 0 Å². The van der Waals surface area contributed by atoms with E-state index in [1.807, 2.05) is 30.3 Å². The molecule has 0 spiro atoms. The lowest BCUT2D eigenvalue weighted by molar-refractivity contribution is -0.158. The summed E-state index contributed by atoms with van der Waals surface area (Å²) in [5.41, 5.74) is -0.202. The normalized spacial score (nSPS) is 33.2. The molecular formula is C29H40N2O6. The van der Waals surface area contributed by atoms with Gasteiger partial charge in [-0.05, 0) is 82.6 Å². The van der Waals surface area contributed by atoms with Crippen molar-refractivity contribution in [3.8, 4) is 0 Å². The topological polar surface area (TPSA) is 105 Å². The van der Waals surface area contributed by atoms with Crippen LogP contribution in [-0.4, -0.2) is 58.3 Å².